The summed E-state index contributed by atoms with van der Waals surface area (Å²) in [6, 6.07) is 8.09. The number of aromatic amines is 1. The van der Waals surface area contributed by atoms with Crippen molar-refractivity contribution in [3.8, 4) is 0 Å². The molecule has 3 heteroatoms. The molecule has 0 spiro atoms. The first-order valence-corrected chi connectivity index (χ1v) is 4.11. The average Bonchev–Trinajstić information content (AvgIpc) is 2.61. The molecule has 1 aromatic carbocycles. The Hall–Kier alpha value is -1.90. The van der Waals surface area contributed by atoms with Crippen molar-refractivity contribution in [1.29, 1.82) is 0 Å². The smallest absolute Gasteiger partial charge is 0.0723 e. The van der Waals surface area contributed by atoms with Crippen LogP contribution in [0.3, 0.4) is 0 Å². The minimum Gasteiger partial charge on any atom is -0.278 e. The molecule has 62 valence electrons. The van der Waals surface area contributed by atoms with Crippen LogP contribution in [0.1, 0.15) is 0 Å². The predicted molar refractivity (Wildman–Crippen MR) is 51.4 cm³/mol. The van der Waals surface area contributed by atoms with Crippen molar-refractivity contribution < 1.29 is 0 Å². The Labute approximate surface area is 74.4 Å². The van der Waals surface area contributed by atoms with Crippen LogP contribution in [-0.2, 0) is 0 Å². The summed E-state index contributed by atoms with van der Waals surface area (Å²) < 4.78 is 0. The van der Waals surface area contributed by atoms with E-state index in [9.17, 15) is 0 Å². The molecule has 0 unspecified atom stereocenters. The molecule has 13 heavy (non-hydrogen) atoms. The average molecular weight is 169 g/mol. The molecule has 0 bridgehead atoms. The van der Waals surface area contributed by atoms with E-state index in [1.165, 1.54) is 0 Å². The van der Waals surface area contributed by atoms with Gasteiger partial charge in [0.05, 0.1) is 17.2 Å². The molecule has 3 aromatic rings. The fourth-order valence-electron chi connectivity index (χ4n) is 1.51. The quantitative estimate of drug-likeness (QED) is 0.560. The molecule has 2 heterocycles. The van der Waals surface area contributed by atoms with Gasteiger partial charge in [-0.05, 0) is 18.2 Å². The van der Waals surface area contributed by atoms with Gasteiger partial charge in [0.1, 0.15) is 0 Å². The van der Waals surface area contributed by atoms with Crippen molar-refractivity contribution in [3.63, 3.8) is 0 Å². The Bertz CT molecular complexity index is 519. The van der Waals surface area contributed by atoms with Gasteiger partial charge in [-0.1, -0.05) is 6.07 Å². The van der Waals surface area contributed by atoms with Crippen molar-refractivity contribution in [2.24, 2.45) is 0 Å². The Morgan fingerprint density at radius 1 is 1.15 bits per heavy atom. The van der Waals surface area contributed by atoms with Crippen molar-refractivity contribution in [1.82, 2.24) is 15.2 Å². The molecule has 1 N–H and O–H groups in total. The summed E-state index contributed by atoms with van der Waals surface area (Å²) in [5.74, 6) is 0. The maximum atomic E-state index is 4.26. The van der Waals surface area contributed by atoms with E-state index in [4.69, 9.17) is 0 Å². The van der Waals surface area contributed by atoms with Gasteiger partial charge in [-0.15, -0.1) is 0 Å². The normalized spacial score (nSPS) is 11.1. The first kappa shape index (κ1) is 6.60. The zero-order valence-corrected chi connectivity index (χ0v) is 6.86. The lowest BCUT2D eigenvalue weighted by Crippen LogP contribution is -1.77. The summed E-state index contributed by atoms with van der Waals surface area (Å²) in [4.78, 5) is 4.26. The number of H-pyrrole nitrogens is 1. The third kappa shape index (κ3) is 0.902. The van der Waals surface area contributed by atoms with Gasteiger partial charge < -0.3 is 0 Å². The van der Waals surface area contributed by atoms with E-state index in [0.29, 0.717) is 0 Å². The Morgan fingerprint density at radius 3 is 3.15 bits per heavy atom. The SMILES string of the molecule is c1cnc2cc3[nH]ncc3cc2c1. The van der Waals surface area contributed by atoms with E-state index in [1.54, 1.807) is 6.20 Å². The summed E-state index contributed by atoms with van der Waals surface area (Å²) in [5.41, 5.74) is 2.03. The molecule has 0 fully saturated rings. The summed E-state index contributed by atoms with van der Waals surface area (Å²) in [6.45, 7) is 0. The summed E-state index contributed by atoms with van der Waals surface area (Å²) in [6.07, 6.45) is 3.62. The molecule has 0 amide bonds. The van der Waals surface area contributed by atoms with Crippen LogP contribution in [0, 0.1) is 0 Å². The van der Waals surface area contributed by atoms with E-state index in [2.05, 4.69) is 27.3 Å². The lowest BCUT2D eigenvalue weighted by atomic mass is 10.2. The van der Waals surface area contributed by atoms with Crippen molar-refractivity contribution in [2.75, 3.05) is 0 Å². The van der Waals surface area contributed by atoms with Crippen molar-refractivity contribution in [2.45, 2.75) is 0 Å². The maximum absolute atomic E-state index is 4.26. The highest BCUT2D eigenvalue weighted by atomic mass is 15.1. The largest absolute Gasteiger partial charge is 0.278 e. The molecule has 3 rings (SSSR count). The molecular formula is C10H7N3. The predicted octanol–water partition coefficient (Wildman–Crippen LogP) is 2.11. The van der Waals surface area contributed by atoms with Gasteiger partial charge in [0.15, 0.2) is 0 Å². The lowest BCUT2D eigenvalue weighted by molar-refractivity contribution is 1.12. The third-order valence-electron chi connectivity index (χ3n) is 2.16. The van der Waals surface area contributed by atoms with E-state index >= 15 is 0 Å². The topological polar surface area (TPSA) is 41.6 Å². The van der Waals surface area contributed by atoms with E-state index in [-0.39, 0.29) is 0 Å². The number of nitrogens with zero attached hydrogens (tertiary/aromatic N) is 2. The molecule has 0 aliphatic rings. The number of hydrogen-bond acceptors (Lipinski definition) is 2. The first-order valence-electron chi connectivity index (χ1n) is 4.11. The van der Waals surface area contributed by atoms with Gasteiger partial charge in [0.2, 0.25) is 0 Å². The Morgan fingerprint density at radius 2 is 2.15 bits per heavy atom. The van der Waals surface area contributed by atoms with Crippen LogP contribution in [0.5, 0.6) is 0 Å². The zero-order chi connectivity index (χ0) is 8.67. The van der Waals surface area contributed by atoms with Crippen LogP contribution < -0.4 is 0 Å². The second kappa shape index (κ2) is 2.29. The fraction of sp³-hybridized carbons (Fsp3) is 0. The zero-order valence-electron chi connectivity index (χ0n) is 6.86. The van der Waals surface area contributed by atoms with Gasteiger partial charge in [0, 0.05) is 17.0 Å². The number of pyridine rings is 1. The minimum atomic E-state index is 0.999. The van der Waals surface area contributed by atoms with Gasteiger partial charge in [-0.3, -0.25) is 10.1 Å². The number of benzene rings is 1. The molecule has 0 aliphatic carbocycles. The van der Waals surface area contributed by atoms with E-state index in [1.807, 2.05) is 18.3 Å². The Balaban J connectivity index is 2.57. The number of rotatable bonds is 0. The third-order valence-corrected chi connectivity index (χ3v) is 2.16. The molecule has 0 radical (unpaired) electrons. The highest BCUT2D eigenvalue weighted by molar-refractivity contribution is 5.94. The van der Waals surface area contributed by atoms with Crippen LogP contribution >= 0.6 is 0 Å². The monoisotopic (exact) mass is 169 g/mol. The van der Waals surface area contributed by atoms with Crippen molar-refractivity contribution >= 4 is 21.8 Å². The summed E-state index contributed by atoms with van der Waals surface area (Å²) in [5, 5.41) is 9.17. The van der Waals surface area contributed by atoms with Crippen LogP contribution in [-0.4, -0.2) is 15.2 Å². The first-order chi connectivity index (χ1) is 6.43. The van der Waals surface area contributed by atoms with Crippen LogP contribution in [0.15, 0.2) is 36.7 Å². The molecular weight excluding hydrogens is 162 g/mol. The van der Waals surface area contributed by atoms with Crippen LogP contribution in [0.25, 0.3) is 21.8 Å². The number of aromatic nitrogens is 3. The van der Waals surface area contributed by atoms with Crippen LogP contribution in [0.2, 0.25) is 0 Å². The summed E-state index contributed by atoms with van der Waals surface area (Å²) >= 11 is 0. The fourth-order valence-corrected chi connectivity index (χ4v) is 1.51. The number of nitrogens with one attached hydrogen (secondary N) is 1. The summed E-state index contributed by atoms with van der Waals surface area (Å²) in [7, 11) is 0. The standard InChI is InChI=1S/C10H7N3/c1-2-7-4-8-6-12-13-10(8)5-9(7)11-3-1/h1-6H,(H,12,13). The molecule has 0 saturated carbocycles. The highest BCUT2D eigenvalue weighted by Gasteiger charge is 1.98. The van der Waals surface area contributed by atoms with Gasteiger partial charge >= 0.3 is 0 Å². The molecule has 2 aromatic heterocycles. The number of fused-ring (bicyclic) bond motifs is 2. The van der Waals surface area contributed by atoms with Crippen LogP contribution in [0.4, 0.5) is 0 Å². The molecule has 3 nitrogen and oxygen atoms in total. The Kier molecular flexibility index (Phi) is 1.16. The van der Waals surface area contributed by atoms with Gasteiger partial charge in [0.25, 0.3) is 0 Å². The molecule has 0 saturated heterocycles. The van der Waals surface area contributed by atoms with E-state index < -0.39 is 0 Å². The maximum Gasteiger partial charge on any atom is 0.0723 e. The molecule has 0 atom stereocenters. The highest BCUT2D eigenvalue weighted by Crippen LogP contribution is 2.18. The second-order valence-electron chi connectivity index (χ2n) is 3.01. The molecule has 0 aliphatic heterocycles. The van der Waals surface area contributed by atoms with Crippen molar-refractivity contribution in [3.05, 3.63) is 36.7 Å². The van der Waals surface area contributed by atoms with Gasteiger partial charge in [-0.2, -0.15) is 5.10 Å². The second-order valence-corrected chi connectivity index (χ2v) is 3.01. The lowest BCUT2D eigenvalue weighted by Gasteiger charge is -1.95. The van der Waals surface area contributed by atoms with E-state index in [0.717, 1.165) is 21.8 Å². The van der Waals surface area contributed by atoms with Gasteiger partial charge in [-0.25, -0.2) is 0 Å². The minimum absolute atomic E-state index is 0.999. The number of hydrogen-bond donors (Lipinski definition) is 1.